The van der Waals surface area contributed by atoms with Crippen LogP contribution >= 0.6 is 11.8 Å². The molecule has 0 spiro atoms. The van der Waals surface area contributed by atoms with E-state index < -0.39 is 0 Å². The second-order valence-electron chi connectivity index (χ2n) is 9.39. The summed E-state index contributed by atoms with van der Waals surface area (Å²) in [4.78, 5) is 7.54. The fraction of sp³-hybridized carbons (Fsp3) is 0.345. The highest BCUT2D eigenvalue weighted by Crippen LogP contribution is 2.42. The summed E-state index contributed by atoms with van der Waals surface area (Å²) in [6.07, 6.45) is 3.01. The number of hydrogen-bond donors (Lipinski definition) is 0. The highest BCUT2D eigenvalue weighted by atomic mass is 32.2. The summed E-state index contributed by atoms with van der Waals surface area (Å²) in [5, 5.41) is 7.02. The first kappa shape index (κ1) is 23.9. The van der Waals surface area contributed by atoms with E-state index in [0.717, 1.165) is 50.5 Å². The molecule has 0 bridgehead atoms. The maximum atomic E-state index is 6.00. The number of rotatable bonds is 7. The van der Waals surface area contributed by atoms with Crippen LogP contribution in [0.25, 0.3) is 0 Å². The summed E-state index contributed by atoms with van der Waals surface area (Å²) in [6.45, 7) is 5.41. The van der Waals surface area contributed by atoms with Crippen molar-refractivity contribution in [3.05, 3.63) is 89.5 Å². The zero-order chi connectivity index (χ0) is 24.0. The van der Waals surface area contributed by atoms with Crippen molar-refractivity contribution in [2.24, 2.45) is 5.10 Å². The van der Waals surface area contributed by atoms with Crippen LogP contribution in [-0.2, 0) is 6.42 Å². The Balaban J connectivity index is 1.25. The van der Waals surface area contributed by atoms with Gasteiger partial charge in [-0.05, 0) is 55.9 Å². The largest absolute Gasteiger partial charge is 0.492 e. The summed E-state index contributed by atoms with van der Waals surface area (Å²) in [6, 6.07) is 26.3. The summed E-state index contributed by atoms with van der Waals surface area (Å²) in [5.74, 6) is 0.892. The molecule has 5 rings (SSSR count). The van der Waals surface area contributed by atoms with Crippen molar-refractivity contribution in [3.8, 4) is 5.75 Å². The monoisotopic (exact) mass is 486 g/mol. The van der Waals surface area contributed by atoms with Crippen LogP contribution in [0.15, 0.2) is 87.7 Å². The van der Waals surface area contributed by atoms with Crippen LogP contribution in [0.1, 0.15) is 22.7 Å². The van der Waals surface area contributed by atoms with E-state index in [1.165, 1.54) is 20.9 Å². The Labute approximate surface area is 213 Å². The summed E-state index contributed by atoms with van der Waals surface area (Å²) < 4.78 is 6.00. The molecule has 2 heterocycles. The topological polar surface area (TPSA) is 31.3 Å². The number of hydrazone groups is 1. The fourth-order valence-corrected chi connectivity index (χ4v) is 5.86. The Bertz CT molecular complexity index is 1160. The standard InChI is InChI=1S/C29H34N4OS/c1-31(2)19-20-34-27-12-6-3-10-24(27)22-30-33-17-15-32(16-18-33)26-21-23-9-4-7-13-28(23)35-29-14-8-5-11-25(26)29/h3-14,22,26H,15-21H2,1-2H3/b30-22+. The minimum Gasteiger partial charge on any atom is -0.492 e. The van der Waals surface area contributed by atoms with Crippen LogP contribution in [0.4, 0.5) is 0 Å². The maximum Gasteiger partial charge on any atom is 0.128 e. The molecule has 1 saturated heterocycles. The van der Waals surface area contributed by atoms with Crippen LogP contribution in [0.3, 0.4) is 0 Å². The van der Waals surface area contributed by atoms with E-state index in [1.807, 2.05) is 36.2 Å². The minimum atomic E-state index is 0.402. The molecule has 1 fully saturated rings. The lowest BCUT2D eigenvalue weighted by Gasteiger charge is -2.38. The normalized spacial score (nSPS) is 18.4. The predicted octanol–water partition coefficient (Wildman–Crippen LogP) is 5.03. The highest BCUT2D eigenvalue weighted by molar-refractivity contribution is 7.99. The van der Waals surface area contributed by atoms with Gasteiger partial charge in [-0.15, -0.1) is 0 Å². The molecule has 0 aromatic heterocycles. The fourth-order valence-electron chi connectivity index (χ4n) is 4.72. The third kappa shape index (κ3) is 5.89. The number of piperazine rings is 1. The quantitative estimate of drug-likeness (QED) is 0.438. The van der Waals surface area contributed by atoms with Crippen LogP contribution < -0.4 is 4.74 Å². The molecule has 3 aromatic rings. The first-order valence-corrected chi connectivity index (χ1v) is 13.2. The van der Waals surface area contributed by atoms with Gasteiger partial charge in [0, 0.05) is 54.1 Å². The van der Waals surface area contributed by atoms with Crippen molar-refractivity contribution in [2.75, 3.05) is 53.4 Å². The van der Waals surface area contributed by atoms with Crippen molar-refractivity contribution in [1.82, 2.24) is 14.8 Å². The van der Waals surface area contributed by atoms with Gasteiger partial charge in [-0.3, -0.25) is 9.91 Å². The van der Waals surface area contributed by atoms with Gasteiger partial charge in [0.15, 0.2) is 0 Å². The molecular formula is C29H34N4OS. The van der Waals surface area contributed by atoms with Crippen LogP contribution in [0, 0.1) is 0 Å². The van der Waals surface area contributed by atoms with E-state index in [9.17, 15) is 0 Å². The highest BCUT2D eigenvalue weighted by Gasteiger charge is 2.29. The minimum absolute atomic E-state index is 0.402. The molecule has 3 aromatic carbocycles. The number of para-hydroxylation sites is 1. The SMILES string of the molecule is CN(C)CCOc1ccccc1/C=N/N1CCN(C2Cc3ccccc3Sc3ccccc32)CC1. The van der Waals surface area contributed by atoms with E-state index in [-0.39, 0.29) is 0 Å². The molecule has 0 saturated carbocycles. The number of nitrogens with zero attached hydrogens (tertiary/aromatic N) is 4. The number of fused-ring (bicyclic) bond motifs is 2. The molecule has 1 atom stereocenters. The maximum absolute atomic E-state index is 6.00. The predicted molar refractivity (Wildman–Crippen MR) is 145 cm³/mol. The molecule has 5 nitrogen and oxygen atoms in total. The molecule has 35 heavy (non-hydrogen) atoms. The molecule has 182 valence electrons. The van der Waals surface area contributed by atoms with Crippen molar-refractivity contribution in [1.29, 1.82) is 0 Å². The molecule has 0 aliphatic carbocycles. The first-order valence-electron chi connectivity index (χ1n) is 12.4. The zero-order valence-corrected chi connectivity index (χ0v) is 21.5. The van der Waals surface area contributed by atoms with Crippen LogP contribution in [0.2, 0.25) is 0 Å². The second-order valence-corrected chi connectivity index (χ2v) is 10.5. The number of likely N-dealkylation sites (N-methyl/N-ethyl adjacent to an activating group) is 1. The lowest BCUT2D eigenvalue weighted by molar-refractivity contribution is 0.0970. The lowest BCUT2D eigenvalue weighted by atomic mass is 9.97. The third-order valence-corrected chi connectivity index (χ3v) is 7.90. The zero-order valence-electron chi connectivity index (χ0n) is 20.6. The Hall–Kier alpha value is -2.80. The van der Waals surface area contributed by atoms with Crippen LogP contribution in [-0.4, -0.2) is 74.4 Å². The van der Waals surface area contributed by atoms with Gasteiger partial charge in [0.1, 0.15) is 12.4 Å². The molecule has 0 amide bonds. The Kier molecular flexibility index (Phi) is 7.72. The van der Waals surface area contributed by atoms with Crippen molar-refractivity contribution in [2.45, 2.75) is 22.3 Å². The van der Waals surface area contributed by atoms with E-state index in [0.29, 0.717) is 12.6 Å². The van der Waals surface area contributed by atoms with Gasteiger partial charge >= 0.3 is 0 Å². The van der Waals surface area contributed by atoms with Gasteiger partial charge < -0.3 is 9.64 Å². The van der Waals surface area contributed by atoms with Crippen molar-refractivity contribution >= 4 is 18.0 Å². The number of ether oxygens (including phenoxy) is 1. The van der Waals surface area contributed by atoms with Gasteiger partial charge in [0.05, 0.1) is 6.21 Å². The van der Waals surface area contributed by atoms with Gasteiger partial charge in [0.25, 0.3) is 0 Å². The number of benzene rings is 3. The smallest absolute Gasteiger partial charge is 0.128 e. The summed E-state index contributed by atoms with van der Waals surface area (Å²) in [7, 11) is 4.11. The number of hydrogen-bond acceptors (Lipinski definition) is 6. The lowest BCUT2D eigenvalue weighted by Crippen LogP contribution is -2.46. The van der Waals surface area contributed by atoms with E-state index in [4.69, 9.17) is 9.84 Å². The van der Waals surface area contributed by atoms with Crippen molar-refractivity contribution in [3.63, 3.8) is 0 Å². The van der Waals surface area contributed by atoms with Gasteiger partial charge in [-0.1, -0.05) is 60.3 Å². The Morgan fingerprint density at radius 1 is 0.914 bits per heavy atom. The third-order valence-electron chi connectivity index (χ3n) is 6.69. The van der Waals surface area contributed by atoms with Gasteiger partial charge in [-0.2, -0.15) is 5.10 Å². The first-order chi connectivity index (χ1) is 17.2. The molecule has 0 radical (unpaired) electrons. The molecule has 6 heteroatoms. The Morgan fingerprint density at radius 3 is 2.46 bits per heavy atom. The summed E-state index contributed by atoms with van der Waals surface area (Å²) >= 11 is 1.91. The molecular weight excluding hydrogens is 452 g/mol. The molecule has 2 aliphatic rings. The van der Waals surface area contributed by atoms with Gasteiger partial charge in [-0.25, -0.2) is 0 Å². The van der Waals surface area contributed by atoms with E-state index >= 15 is 0 Å². The Morgan fingerprint density at radius 2 is 1.63 bits per heavy atom. The summed E-state index contributed by atoms with van der Waals surface area (Å²) in [5.41, 5.74) is 3.93. The molecule has 2 aliphatic heterocycles. The van der Waals surface area contributed by atoms with Crippen molar-refractivity contribution < 1.29 is 4.74 Å². The van der Waals surface area contributed by atoms with E-state index in [2.05, 4.69) is 83.5 Å². The second kappa shape index (κ2) is 11.3. The van der Waals surface area contributed by atoms with E-state index in [1.54, 1.807) is 0 Å². The molecule has 1 unspecified atom stereocenters. The van der Waals surface area contributed by atoms with Gasteiger partial charge in [0.2, 0.25) is 0 Å². The average molecular weight is 487 g/mol. The van der Waals surface area contributed by atoms with Crippen LogP contribution in [0.5, 0.6) is 5.75 Å². The average Bonchev–Trinajstić information content (AvgIpc) is 3.05. The molecule has 0 N–H and O–H groups in total.